The summed E-state index contributed by atoms with van der Waals surface area (Å²) in [5.41, 5.74) is 8.58. The molecule has 2 heterocycles. The molecule has 0 spiro atoms. The second-order valence-corrected chi connectivity index (χ2v) is 4.08. The zero-order valence-corrected chi connectivity index (χ0v) is 10.0. The predicted molar refractivity (Wildman–Crippen MR) is 69.7 cm³/mol. The summed E-state index contributed by atoms with van der Waals surface area (Å²) >= 11 is 0. The second kappa shape index (κ2) is 4.82. The molecule has 0 radical (unpaired) electrons. The van der Waals surface area contributed by atoms with Gasteiger partial charge in [0.25, 0.3) is 0 Å². The summed E-state index contributed by atoms with van der Waals surface area (Å²) in [7, 11) is 0. The number of hydrogen-bond donors (Lipinski definition) is 2. The molecule has 0 aromatic carbocycles. The highest BCUT2D eigenvalue weighted by atomic mass is 15.0. The fourth-order valence-electron chi connectivity index (χ4n) is 1.69. The lowest BCUT2D eigenvalue weighted by Crippen LogP contribution is -2.09. The number of anilines is 2. The van der Waals surface area contributed by atoms with Crippen molar-refractivity contribution < 1.29 is 0 Å². The van der Waals surface area contributed by atoms with E-state index in [2.05, 4.69) is 22.2 Å². The van der Waals surface area contributed by atoms with E-state index in [-0.39, 0.29) is 6.04 Å². The fourth-order valence-corrected chi connectivity index (χ4v) is 1.69. The molecule has 0 aliphatic carbocycles. The van der Waals surface area contributed by atoms with Crippen LogP contribution in [0.25, 0.3) is 0 Å². The number of aromatic nitrogens is 2. The average molecular weight is 228 g/mol. The highest BCUT2D eigenvalue weighted by molar-refractivity contribution is 5.51. The Morgan fingerprint density at radius 2 is 2.00 bits per heavy atom. The van der Waals surface area contributed by atoms with Gasteiger partial charge in [-0.2, -0.15) is 0 Å². The van der Waals surface area contributed by atoms with Crippen molar-refractivity contribution in [3.63, 3.8) is 0 Å². The Bertz CT molecular complexity index is 496. The Morgan fingerprint density at radius 1 is 1.29 bits per heavy atom. The topological polar surface area (TPSA) is 63.8 Å². The maximum absolute atomic E-state index is 5.67. The molecular formula is C13H16N4. The number of rotatable bonds is 3. The van der Waals surface area contributed by atoms with E-state index in [1.807, 2.05) is 25.1 Å². The molecule has 0 aliphatic rings. The maximum Gasteiger partial charge on any atom is 0.129 e. The molecule has 0 amide bonds. The van der Waals surface area contributed by atoms with Crippen LogP contribution in [0.15, 0.2) is 36.8 Å². The van der Waals surface area contributed by atoms with Crippen LogP contribution in [0.2, 0.25) is 0 Å². The van der Waals surface area contributed by atoms with Crippen LogP contribution in [0.3, 0.4) is 0 Å². The highest BCUT2D eigenvalue weighted by Crippen LogP contribution is 2.20. The zero-order chi connectivity index (χ0) is 12.3. The fraction of sp³-hybridized carbons (Fsp3) is 0.231. The van der Waals surface area contributed by atoms with Crippen LogP contribution in [0.4, 0.5) is 11.5 Å². The summed E-state index contributed by atoms with van der Waals surface area (Å²) in [6, 6.07) is 6.08. The van der Waals surface area contributed by atoms with Gasteiger partial charge in [-0.1, -0.05) is 0 Å². The number of pyridine rings is 2. The Hall–Kier alpha value is -2.10. The summed E-state index contributed by atoms with van der Waals surface area (Å²) < 4.78 is 0. The minimum absolute atomic E-state index is 0.188. The highest BCUT2D eigenvalue weighted by Gasteiger charge is 2.07. The molecule has 4 heteroatoms. The van der Waals surface area contributed by atoms with E-state index in [4.69, 9.17) is 5.73 Å². The van der Waals surface area contributed by atoms with Gasteiger partial charge in [-0.15, -0.1) is 0 Å². The van der Waals surface area contributed by atoms with Crippen molar-refractivity contribution in [2.45, 2.75) is 19.9 Å². The Labute approximate surface area is 101 Å². The van der Waals surface area contributed by atoms with Gasteiger partial charge in [-0.05, 0) is 43.2 Å². The summed E-state index contributed by atoms with van der Waals surface area (Å²) in [5, 5.41) is 3.36. The SMILES string of the molecule is Cc1cc(N)cnc1NC(C)c1ccncc1. The quantitative estimate of drug-likeness (QED) is 0.847. The van der Waals surface area contributed by atoms with Gasteiger partial charge in [-0.3, -0.25) is 4.98 Å². The minimum Gasteiger partial charge on any atom is -0.397 e. The number of nitrogens with two attached hydrogens (primary N) is 1. The van der Waals surface area contributed by atoms with Gasteiger partial charge < -0.3 is 11.1 Å². The van der Waals surface area contributed by atoms with Crippen LogP contribution in [0, 0.1) is 6.92 Å². The normalized spacial score (nSPS) is 12.1. The number of aryl methyl sites for hydroxylation is 1. The molecule has 0 saturated carbocycles. The molecule has 2 aromatic heterocycles. The number of hydrogen-bond acceptors (Lipinski definition) is 4. The van der Waals surface area contributed by atoms with Crippen molar-refractivity contribution in [1.29, 1.82) is 0 Å². The minimum atomic E-state index is 0.188. The largest absolute Gasteiger partial charge is 0.397 e. The average Bonchev–Trinajstić information content (AvgIpc) is 2.34. The van der Waals surface area contributed by atoms with Gasteiger partial charge >= 0.3 is 0 Å². The van der Waals surface area contributed by atoms with Crippen molar-refractivity contribution in [2.75, 3.05) is 11.1 Å². The van der Waals surface area contributed by atoms with Gasteiger partial charge in [-0.25, -0.2) is 4.98 Å². The molecule has 0 bridgehead atoms. The van der Waals surface area contributed by atoms with Crippen LogP contribution in [0.1, 0.15) is 24.1 Å². The zero-order valence-electron chi connectivity index (χ0n) is 10.0. The molecule has 1 unspecified atom stereocenters. The van der Waals surface area contributed by atoms with Crippen LogP contribution < -0.4 is 11.1 Å². The van der Waals surface area contributed by atoms with Crippen molar-refractivity contribution in [3.05, 3.63) is 47.9 Å². The Balaban J connectivity index is 2.16. The molecule has 0 aliphatic heterocycles. The third kappa shape index (κ3) is 2.72. The smallest absolute Gasteiger partial charge is 0.129 e. The van der Waals surface area contributed by atoms with Gasteiger partial charge in [0.05, 0.1) is 17.9 Å². The molecule has 17 heavy (non-hydrogen) atoms. The summed E-state index contributed by atoms with van der Waals surface area (Å²) in [4.78, 5) is 8.30. The van der Waals surface area contributed by atoms with E-state index in [9.17, 15) is 0 Å². The molecule has 4 nitrogen and oxygen atoms in total. The van der Waals surface area contributed by atoms with E-state index < -0.39 is 0 Å². The molecular weight excluding hydrogens is 212 g/mol. The van der Waals surface area contributed by atoms with Crippen molar-refractivity contribution >= 4 is 11.5 Å². The third-order valence-electron chi connectivity index (χ3n) is 2.66. The molecule has 3 N–H and O–H groups in total. The molecule has 1 atom stereocenters. The van der Waals surface area contributed by atoms with E-state index in [0.717, 1.165) is 11.4 Å². The Kier molecular flexibility index (Phi) is 3.23. The first-order valence-corrected chi connectivity index (χ1v) is 5.55. The van der Waals surface area contributed by atoms with Gasteiger partial charge in [0.2, 0.25) is 0 Å². The summed E-state index contributed by atoms with van der Waals surface area (Å²) in [5.74, 6) is 0.864. The first-order valence-electron chi connectivity index (χ1n) is 5.55. The monoisotopic (exact) mass is 228 g/mol. The number of nitrogen functional groups attached to an aromatic ring is 1. The van der Waals surface area contributed by atoms with Gasteiger partial charge in [0.1, 0.15) is 5.82 Å². The second-order valence-electron chi connectivity index (χ2n) is 4.08. The molecule has 0 fully saturated rings. The van der Waals surface area contributed by atoms with Crippen molar-refractivity contribution in [1.82, 2.24) is 9.97 Å². The molecule has 2 rings (SSSR count). The molecule has 88 valence electrons. The number of nitrogens with zero attached hydrogens (tertiary/aromatic N) is 2. The lowest BCUT2D eigenvalue weighted by Gasteiger charge is -2.16. The Morgan fingerprint density at radius 3 is 2.65 bits per heavy atom. The van der Waals surface area contributed by atoms with Crippen molar-refractivity contribution in [2.24, 2.45) is 0 Å². The first-order chi connectivity index (χ1) is 8.16. The van der Waals surface area contributed by atoms with Gasteiger partial charge in [0, 0.05) is 12.4 Å². The first kappa shape index (κ1) is 11.4. The molecule has 0 saturated heterocycles. The maximum atomic E-state index is 5.67. The van der Waals surface area contributed by atoms with Crippen molar-refractivity contribution in [3.8, 4) is 0 Å². The summed E-state index contributed by atoms with van der Waals surface area (Å²) in [6.45, 7) is 4.08. The van der Waals surface area contributed by atoms with Crippen LogP contribution in [-0.4, -0.2) is 9.97 Å². The number of nitrogens with one attached hydrogen (secondary N) is 1. The van der Waals surface area contributed by atoms with Crippen LogP contribution in [-0.2, 0) is 0 Å². The van der Waals surface area contributed by atoms with Crippen LogP contribution in [0.5, 0.6) is 0 Å². The van der Waals surface area contributed by atoms with E-state index in [0.29, 0.717) is 5.69 Å². The lowest BCUT2D eigenvalue weighted by molar-refractivity contribution is 0.868. The van der Waals surface area contributed by atoms with E-state index in [1.54, 1.807) is 18.6 Å². The van der Waals surface area contributed by atoms with E-state index >= 15 is 0 Å². The molecule has 2 aromatic rings. The van der Waals surface area contributed by atoms with Crippen LogP contribution >= 0.6 is 0 Å². The lowest BCUT2D eigenvalue weighted by atomic mass is 10.1. The summed E-state index contributed by atoms with van der Waals surface area (Å²) in [6.07, 6.45) is 5.24. The third-order valence-corrected chi connectivity index (χ3v) is 2.66. The predicted octanol–water partition coefficient (Wildman–Crippen LogP) is 2.54. The standard InChI is InChI=1S/C13H16N4/c1-9-7-12(14)8-16-13(9)17-10(2)11-3-5-15-6-4-11/h3-8,10H,14H2,1-2H3,(H,16,17). The van der Waals surface area contributed by atoms with Gasteiger partial charge in [0.15, 0.2) is 0 Å². The van der Waals surface area contributed by atoms with E-state index in [1.165, 1.54) is 5.56 Å².